The molecule has 0 radical (unpaired) electrons. The number of carbonyl (C=O) groups excluding carboxylic acids is 1. The maximum atomic E-state index is 10.6. The quantitative estimate of drug-likeness (QED) is 0.638. The van der Waals surface area contributed by atoms with E-state index < -0.39 is 0 Å². The average molecular weight is 162 g/mol. The molecule has 0 aromatic heterocycles. The van der Waals surface area contributed by atoms with E-state index in [1.165, 1.54) is 6.07 Å². The summed E-state index contributed by atoms with van der Waals surface area (Å²) in [6.45, 7) is 0. The summed E-state index contributed by atoms with van der Waals surface area (Å²) in [6, 6.07) is 3.30. The molecule has 62 valence electrons. The van der Waals surface area contributed by atoms with Crippen LogP contribution in [0, 0.1) is 0 Å². The van der Waals surface area contributed by atoms with Crippen molar-refractivity contribution in [3.63, 3.8) is 0 Å². The van der Waals surface area contributed by atoms with Crippen LogP contribution in [0.2, 0.25) is 0 Å². The zero-order valence-corrected chi connectivity index (χ0v) is 6.71. The molecule has 0 aliphatic heterocycles. The van der Waals surface area contributed by atoms with E-state index in [0.29, 0.717) is 5.56 Å². The minimum absolute atomic E-state index is 0.206. The Kier molecular flexibility index (Phi) is 1.61. The summed E-state index contributed by atoms with van der Waals surface area (Å²) in [7, 11) is 0. The highest BCUT2D eigenvalue weighted by Gasteiger charge is 2.15. The predicted molar refractivity (Wildman–Crippen MR) is 45.5 cm³/mol. The summed E-state index contributed by atoms with van der Waals surface area (Å²) in [5, 5.41) is 9.25. The minimum Gasteiger partial charge on any atom is -0.508 e. The van der Waals surface area contributed by atoms with Gasteiger partial charge in [0.15, 0.2) is 0 Å². The third-order valence-corrected chi connectivity index (χ3v) is 2.36. The molecule has 1 aliphatic carbocycles. The Bertz CT molecular complexity index is 329. The van der Waals surface area contributed by atoms with Crippen LogP contribution in [0.4, 0.5) is 0 Å². The van der Waals surface area contributed by atoms with Crippen LogP contribution >= 0.6 is 0 Å². The van der Waals surface area contributed by atoms with Crippen molar-refractivity contribution in [3.8, 4) is 5.75 Å². The summed E-state index contributed by atoms with van der Waals surface area (Å²) in [5.74, 6) is 0.206. The number of carbonyl (C=O) groups is 1. The molecular formula is C10H10O2. The van der Waals surface area contributed by atoms with Crippen LogP contribution < -0.4 is 0 Å². The van der Waals surface area contributed by atoms with Gasteiger partial charge >= 0.3 is 0 Å². The van der Waals surface area contributed by atoms with Crippen molar-refractivity contribution in [2.24, 2.45) is 0 Å². The largest absolute Gasteiger partial charge is 0.508 e. The van der Waals surface area contributed by atoms with Crippen LogP contribution in [0.25, 0.3) is 0 Å². The van der Waals surface area contributed by atoms with E-state index in [-0.39, 0.29) is 5.75 Å². The third kappa shape index (κ3) is 0.998. The second-order valence-corrected chi connectivity index (χ2v) is 3.14. The predicted octanol–water partition coefficient (Wildman–Crippen LogP) is 1.69. The SMILES string of the molecule is O=Cc1cc(O)cc2c1CCC2. The number of phenolic OH excluding ortho intramolecular Hbond substituents is 1. The summed E-state index contributed by atoms with van der Waals surface area (Å²) in [6.07, 6.45) is 3.89. The standard InChI is InChI=1S/C10H10O2/c11-6-8-5-9(12)4-7-2-1-3-10(7)8/h4-6,12H,1-3H2. The van der Waals surface area contributed by atoms with Crippen molar-refractivity contribution in [2.45, 2.75) is 19.3 Å². The first kappa shape index (κ1) is 7.35. The highest BCUT2D eigenvalue weighted by atomic mass is 16.3. The first-order chi connectivity index (χ1) is 5.81. The third-order valence-electron chi connectivity index (χ3n) is 2.36. The van der Waals surface area contributed by atoms with Crippen molar-refractivity contribution in [1.29, 1.82) is 0 Å². The van der Waals surface area contributed by atoms with Gasteiger partial charge in [0, 0.05) is 5.56 Å². The average Bonchev–Trinajstić information content (AvgIpc) is 2.50. The van der Waals surface area contributed by atoms with E-state index in [9.17, 15) is 9.90 Å². The lowest BCUT2D eigenvalue weighted by molar-refractivity contribution is 0.112. The Morgan fingerprint density at radius 3 is 2.92 bits per heavy atom. The molecule has 0 unspecified atom stereocenters. The zero-order valence-electron chi connectivity index (χ0n) is 6.71. The molecule has 0 spiro atoms. The number of benzene rings is 1. The molecule has 1 aromatic carbocycles. The van der Waals surface area contributed by atoms with Gasteiger partial charge in [-0.05, 0) is 42.5 Å². The van der Waals surface area contributed by atoms with Crippen molar-refractivity contribution in [1.82, 2.24) is 0 Å². The lowest BCUT2D eigenvalue weighted by atomic mass is 10.0. The van der Waals surface area contributed by atoms with Crippen molar-refractivity contribution < 1.29 is 9.90 Å². The van der Waals surface area contributed by atoms with Crippen LogP contribution in [0.1, 0.15) is 27.9 Å². The van der Waals surface area contributed by atoms with Crippen LogP contribution in [0.3, 0.4) is 0 Å². The summed E-state index contributed by atoms with van der Waals surface area (Å²) in [4.78, 5) is 10.6. The van der Waals surface area contributed by atoms with Crippen molar-refractivity contribution in [2.75, 3.05) is 0 Å². The van der Waals surface area contributed by atoms with Crippen molar-refractivity contribution in [3.05, 3.63) is 28.8 Å². The second kappa shape index (κ2) is 2.63. The lowest BCUT2D eigenvalue weighted by Crippen LogP contribution is -1.90. The van der Waals surface area contributed by atoms with Gasteiger partial charge in [0.05, 0.1) is 0 Å². The lowest BCUT2D eigenvalue weighted by Gasteiger charge is -2.02. The molecule has 1 N–H and O–H groups in total. The molecule has 0 fully saturated rings. The first-order valence-corrected chi connectivity index (χ1v) is 4.11. The van der Waals surface area contributed by atoms with Crippen molar-refractivity contribution >= 4 is 6.29 Å². The smallest absolute Gasteiger partial charge is 0.150 e. The minimum atomic E-state index is 0.206. The Morgan fingerprint density at radius 2 is 2.17 bits per heavy atom. The van der Waals surface area contributed by atoms with Gasteiger partial charge in [0.1, 0.15) is 12.0 Å². The number of hydrogen-bond acceptors (Lipinski definition) is 2. The number of aldehydes is 1. The topological polar surface area (TPSA) is 37.3 Å². The van der Waals surface area contributed by atoms with Gasteiger partial charge in [-0.15, -0.1) is 0 Å². The van der Waals surface area contributed by atoms with Crippen LogP contribution in [-0.2, 0) is 12.8 Å². The van der Waals surface area contributed by atoms with Gasteiger partial charge in [0.25, 0.3) is 0 Å². The van der Waals surface area contributed by atoms with E-state index in [0.717, 1.165) is 36.7 Å². The highest BCUT2D eigenvalue weighted by Crippen LogP contribution is 2.28. The Balaban J connectivity index is 2.62. The van der Waals surface area contributed by atoms with E-state index in [4.69, 9.17) is 0 Å². The molecule has 1 aliphatic rings. The summed E-state index contributed by atoms with van der Waals surface area (Å²) < 4.78 is 0. The first-order valence-electron chi connectivity index (χ1n) is 4.11. The second-order valence-electron chi connectivity index (χ2n) is 3.14. The van der Waals surface area contributed by atoms with E-state index >= 15 is 0 Å². The van der Waals surface area contributed by atoms with Crippen LogP contribution in [0.5, 0.6) is 5.75 Å². The number of aromatic hydroxyl groups is 1. The zero-order chi connectivity index (χ0) is 8.55. The molecular weight excluding hydrogens is 152 g/mol. The molecule has 0 bridgehead atoms. The normalized spacial score (nSPS) is 14.3. The van der Waals surface area contributed by atoms with E-state index in [1.54, 1.807) is 6.07 Å². The molecule has 0 amide bonds. The molecule has 0 heterocycles. The molecule has 2 rings (SSSR count). The van der Waals surface area contributed by atoms with Gasteiger partial charge in [-0.3, -0.25) is 4.79 Å². The Labute approximate surface area is 70.8 Å². The molecule has 0 saturated heterocycles. The molecule has 2 nitrogen and oxygen atoms in total. The fourth-order valence-corrected chi connectivity index (χ4v) is 1.83. The van der Waals surface area contributed by atoms with Gasteiger partial charge in [-0.25, -0.2) is 0 Å². The number of fused-ring (bicyclic) bond motifs is 1. The molecule has 12 heavy (non-hydrogen) atoms. The number of rotatable bonds is 1. The Hall–Kier alpha value is -1.31. The van der Waals surface area contributed by atoms with Gasteiger partial charge in [0.2, 0.25) is 0 Å². The van der Waals surface area contributed by atoms with Gasteiger partial charge in [-0.2, -0.15) is 0 Å². The highest BCUT2D eigenvalue weighted by molar-refractivity contribution is 5.79. The van der Waals surface area contributed by atoms with Gasteiger partial charge < -0.3 is 5.11 Å². The fourth-order valence-electron chi connectivity index (χ4n) is 1.83. The maximum Gasteiger partial charge on any atom is 0.150 e. The molecule has 0 atom stereocenters. The van der Waals surface area contributed by atoms with E-state index in [2.05, 4.69) is 0 Å². The Morgan fingerprint density at radius 1 is 1.33 bits per heavy atom. The summed E-state index contributed by atoms with van der Waals surface area (Å²) >= 11 is 0. The number of aryl methyl sites for hydroxylation is 1. The number of phenols is 1. The van der Waals surface area contributed by atoms with E-state index in [1.807, 2.05) is 0 Å². The van der Waals surface area contributed by atoms with Crippen LogP contribution in [0.15, 0.2) is 12.1 Å². The monoisotopic (exact) mass is 162 g/mol. The van der Waals surface area contributed by atoms with Gasteiger partial charge in [-0.1, -0.05) is 0 Å². The molecule has 0 saturated carbocycles. The maximum absolute atomic E-state index is 10.6. The molecule has 2 heteroatoms. The van der Waals surface area contributed by atoms with Crippen LogP contribution in [-0.4, -0.2) is 11.4 Å². The summed E-state index contributed by atoms with van der Waals surface area (Å²) in [5.41, 5.74) is 2.92. The fraction of sp³-hybridized carbons (Fsp3) is 0.300. The number of hydrogen-bond donors (Lipinski definition) is 1. The molecule has 1 aromatic rings.